The molecule has 4 heteroatoms. The Hall–Kier alpha value is -3.01. The molecule has 0 bridgehead atoms. The minimum atomic E-state index is 0.715. The number of benzene rings is 3. The van der Waals surface area contributed by atoms with Gasteiger partial charge in [-0.1, -0.05) is 12.1 Å². The van der Waals surface area contributed by atoms with Gasteiger partial charge in [0.05, 0.1) is 26.8 Å². The van der Waals surface area contributed by atoms with E-state index in [9.17, 15) is 0 Å². The van der Waals surface area contributed by atoms with Gasteiger partial charge in [-0.15, -0.1) is 0 Å². The fourth-order valence-corrected chi connectivity index (χ4v) is 3.15. The van der Waals surface area contributed by atoms with Crippen molar-refractivity contribution in [3.8, 4) is 17.2 Å². The van der Waals surface area contributed by atoms with Crippen LogP contribution in [-0.2, 0) is 0 Å². The zero-order valence-corrected chi connectivity index (χ0v) is 13.8. The second kappa shape index (κ2) is 5.57. The average Bonchev–Trinajstić information content (AvgIpc) is 2.65. The lowest BCUT2D eigenvalue weighted by atomic mass is 10.00. The van der Waals surface area contributed by atoms with Crippen LogP contribution in [0.5, 0.6) is 17.2 Å². The van der Waals surface area contributed by atoms with Gasteiger partial charge in [0.2, 0.25) is 0 Å². The summed E-state index contributed by atoms with van der Waals surface area (Å²) in [6.07, 6.45) is 1.91. The van der Waals surface area contributed by atoms with Crippen molar-refractivity contribution in [3.63, 3.8) is 0 Å². The second-order valence-electron chi connectivity index (χ2n) is 5.60. The third-order valence-electron chi connectivity index (χ3n) is 4.39. The smallest absolute Gasteiger partial charge is 0.161 e. The summed E-state index contributed by atoms with van der Waals surface area (Å²) in [7, 11) is 4.96. The van der Waals surface area contributed by atoms with E-state index >= 15 is 0 Å². The summed E-state index contributed by atoms with van der Waals surface area (Å²) in [5.74, 6) is 2.25. The molecule has 3 aromatic carbocycles. The molecule has 24 heavy (non-hydrogen) atoms. The Bertz CT molecular complexity index is 1070. The number of rotatable bonds is 3. The molecule has 4 rings (SSSR count). The highest BCUT2D eigenvalue weighted by atomic mass is 16.5. The van der Waals surface area contributed by atoms with Crippen LogP contribution in [0.1, 0.15) is 0 Å². The summed E-state index contributed by atoms with van der Waals surface area (Å²) in [4.78, 5) is 4.61. The Labute approximate surface area is 139 Å². The Balaban J connectivity index is 2.09. The zero-order valence-electron chi connectivity index (χ0n) is 13.8. The van der Waals surface area contributed by atoms with Crippen LogP contribution in [-0.4, -0.2) is 26.3 Å². The molecule has 0 N–H and O–H groups in total. The van der Waals surface area contributed by atoms with Gasteiger partial charge in [0, 0.05) is 23.0 Å². The number of fused-ring (bicyclic) bond motifs is 5. The van der Waals surface area contributed by atoms with Crippen molar-refractivity contribution >= 4 is 32.4 Å². The normalized spacial score (nSPS) is 11.1. The molecular weight excluding hydrogens is 302 g/mol. The van der Waals surface area contributed by atoms with Gasteiger partial charge in [-0.3, -0.25) is 4.98 Å². The van der Waals surface area contributed by atoms with Crippen LogP contribution in [0.2, 0.25) is 0 Å². The third kappa shape index (κ3) is 2.11. The van der Waals surface area contributed by atoms with E-state index in [1.807, 2.05) is 30.5 Å². The number of methoxy groups -OCH3 is 3. The van der Waals surface area contributed by atoms with Crippen molar-refractivity contribution in [2.75, 3.05) is 21.3 Å². The van der Waals surface area contributed by atoms with Gasteiger partial charge in [0.25, 0.3) is 0 Å². The first-order chi connectivity index (χ1) is 11.7. The topological polar surface area (TPSA) is 40.6 Å². The van der Waals surface area contributed by atoms with Gasteiger partial charge in [0.15, 0.2) is 11.5 Å². The van der Waals surface area contributed by atoms with Crippen molar-refractivity contribution in [1.29, 1.82) is 0 Å². The van der Waals surface area contributed by atoms with E-state index in [4.69, 9.17) is 14.2 Å². The molecule has 1 aromatic heterocycles. The van der Waals surface area contributed by atoms with E-state index < -0.39 is 0 Å². The number of pyridine rings is 1. The summed E-state index contributed by atoms with van der Waals surface area (Å²) in [5.41, 5.74) is 0.918. The van der Waals surface area contributed by atoms with Crippen molar-refractivity contribution in [2.24, 2.45) is 0 Å². The van der Waals surface area contributed by atoms with Gasteiger partial charge < -0.3 is 14.2 Å². The molecule has 0 saturated carbocycles. The molecule has 0 amide bonds. The third-order valence-corrected chi connectivity index (χ3v) is 4.39. The molecule has 4 aromatic rings. The highest BCUT2D eigenvalue weighted by Crippen LogP contribution is 2.37. The maximum Gasteiger partial charge on any atom is 0.161 e. The summed E-state index contributed by atoms with van der Waals surface area (Å²) in [6.45, 7) is 0. The van der Waals surface area contributed by atoms with Crippen LogP contribution in [0.15, 0.2) is 48.7 Å². The predicted molar refractivity (Wildman–Crippen MR) is 96.4 cm³/mol. The molecule has 0 radical (unpaired) electrons. The van der Waals surface area contributed by atoms with E-state index in [1.54, 1.807) is 21.3 Å². The van der Waals surface area contributed by atoms with Gasteiger partial charge >= 0.3 is 0 Å². The van der Waals surface area contributed by atoms with Gasteiger partial charge in [0.1, 0.15) is 5.75 Å². The highest BCUT2D eigenvalue weighted by Gasteiger charge is 2.11. The van der Waals surface area contributed by atoms with Crippen LogP contribution in [0.3, 0.4) is 0 Å². The molecule has 0 aliphatic heterocycles. The van der Waals surface area contributed by atoms with E-state index in [-0.39, 0.29) is 0 Å². The number of ether oxygens (including phenoxy) is 3. The molecule has 120 valence electrons. The van der Waals surface area contributed by atoms with E-state index in [1.165, 1.54) is 0 Å². The van der Waals surface area contributed by atoms with Gasteiger partial charge in [-0.25, -0.2) is 0 Å². The number of hydrogen-bond donors (Lipinski definition) is 0. The van der Waals surface area contributed by atoms with E-state index in [0.29, 0.717) is 5.75 Å². The molecule has 0 aliphatic rings. The largest absolute Gasteiger partial charge is 0.497 e. The first kappa shape index (κ1) is 14.6. The predicted octanol–water partition coefficient (Wildman–Crippen LogP) is 4.57. The summed E-state index contributed by atoms with van der Waals surface area (Å²) in [5, 5.41) is 5.53. The van der Waals surface area contributed by atoms with Crippen molar-refractivity contribution < 1.29 is 14.2 Å². The Morgan fingerprint density at radius 3 is 2.17 bits per heavy atom. The Kier molecular flexibility index (Phi) is 3.38. The summed E-state index contributed by atoms with van der Waals surface area (Å²) < 4.78 is 16.1. The maximum absolute atomic E-state index is 5.45. The first-order valence-electron chi connectivity index (χ1n) is 7.66. The molecule has 0 aliphatic carbocycles. The molecule has 0 saturated heterocycles. The van der Waals surface area contributed by atoms with E-state index in [0.717, 1.165) is 43.9 Å². The molecule has 4 nitrogen and oxygen atoms in total. The van der Waals surface area contributed by atoms with Crippen molar-refractivity contribution in [2.45, 2.75) is 0 Å². The van der Waals surface area contributed by atoms with Gasteiger partial charge in [-0.05, 0) is 40.4 Å². The minimum absolute atomic E-state index is 0.715. The monoisotopic (exact) mass is 319 g/mol. The molecule has 1 heterocycles. The van der Waals surface area contributed by atoms with Crippen LogP contribution >= 0.6 is 0 Å². The van der Waals surface area contributed by atoms with Crippen LogP contribution in [0.25, 0.3) is 32.4 Å². The molecule has 0 atom stereocenters. The number of aromatic nitrogens is 1. The SMILES string of the molecule is COc1ccc2c(c1)ncc1c3cc(OC)c(OC)cc3ccc21. The van der Waals surface area contributed by atoms with Crippen molar-refractivity contribution in [3.05, 3.63) is 48.7 Å². The summed E-state index contributed by atoms with van der Waals surface area (Å²) >= 11 is 0. The molecule has 0 spiro atoms. The number of hydrogen-bond acceptors (Lipinski definition) is 4. The number of nitrogens with zero attached hydrogens (tertiary/aromatic N) is 1. The fraction of sp³-hybridized carbons (Fsp3) is 0.150. The second-order valence-corrected chi connectivity index (χ2v) is 5.60. The minimum Gasteiger partial charge on any atom is -0.497 e. The van der Waals surface area contributed by atoms with Gasteiger partial charge in [-0.2, -0.15) is 0 Å². The Morgan fingerprint density at radius 2 is 1.42 bits per heavy atom. The maximum atomic E-state index is 5.45. The Morgan fingerprint density at radius 1 is 0.667 bits per heavy atom. The lowest BCUT2D eigenvalue weighted by Crippen LogP contribution is -1.91. The standard InChI is InChI=1S/C20H17NO3/c1-22-13-5-7-15-14-6-4-12-8-19(23-2)20(24-3)10-16(12)17(14)11-21-18(15)9-13/h4-11H,1-3H3. The quantitative estimate of drug-likeness (QED) is 0.519. The first-order valence-corrected chi connectivity index (χ1v) is 7.66. The average molecular weight is 319 g/mol. The lowest BCUT2D eigenvalue weighted by molar-refractivity contribution is 0.356. The fourth-order valence-electron chi connectivity index (χ4n) is 3.15. The molecular formula is C20H17NO3. The van der Waals surface area contributed by atoms with E-state index in [2.05, 4.69) is 23.2 Å². The van der Waals surface area contributed by atoms with Crippen LogP contribution in [0, 0.1) is 0 Å². The lowest BCUT2D eigenvalue weighted by Gasteiger charge is -2.12. The van der Waals surface area contributed by atoms with Crippen molar-refractivity contribution in [1.82, 2.24) is 4.98 Å². The zero-order chi connectivity index (χ0) is 16.7. The highest BCUT2D eigenvalue weighted by molar-refractivity contribution is 6.16. The molecule has 0 fully saturated rings. The van der Waals surface area contributed by atoms with Crippen LogP contribution in [0.4, 0.5) is 0 Å². The summed E-state index contributed by atoms with van der Waals surface area (Å²) in [6, 6.07) is 14.2. The van der Waals surface area contributed by atoms with Crippen LogP contribution < -0.4 is 14.2 Å². The molecule has 0 unspecified atom stereocenters.